The number of anilines is 1. The lowest BCUT2D eigenvalue weighted by atomic mass is 9.85. The van der Waals surface area contributed by atoms with E-state index in [2.05, 4.69) is 11.9 Å². The van der Waals surface area contributed by atoms with Gasteiger partial charge in [-0.1, -0.05) is 37.3 Å². The molecule has 0 radical (unpaired) electrons. The number of imidazole rings is 1. The van der Waals surface area contributed by atoms with Gasteiger partial charge in [0.15, 0.2) is 0 Å². The number of para-hydroxylation sites is 3. The number of allylic oxidation sites excluding steroid dienone is 1. The smallest absolute Gasteiger partial charge is 0.244 e. The van der Waals surface area contributed by atoms with E-state index in [1.165, 1.54) is 0 Å². The minimum absolute atomic E-state index is 0.0194. The van der Waals surface area contributed by atoms with Gasteiger partial charge in [0.2, 0.25) is 5.91 Å². The van der Waals surface area contributed by atoms with Crippen LogP contribution in [0.25, 0.3) is 17.1 Å². The van der Waals surface area contributed by atoms with Gasteiger partial charge in [0.05, 0.1) is 17.0 Å². The summed E-state index contributed by atoms with van der Waals surface area (Å²) in [7, 11) is 0. The molecule has 1 aliphatic heterocycles. The molecule has 0 bridgehead atoms. The fraction of sp³-hybridized carbons (Fsp3) is 0.158. The molecule has 2 heterocycles. The van der Waals surface area contributed by atoms with Gasteiger partial charge in [0, 0.05) is 5.69 Å². The Balaban J connectivity index is 1.97. The molecule has 4 heteroatoms. The monoisotopic (exact) mass is 303 g/mol. The van der Waals surface area contributed by atoms with E-state index in [-0.39, 0.29) is 11.8 Å². The molecule has 2 aromatic carbocycles. The zero-order valence-electron chi connectivity index (χ0n) is 12.9. The van der Waals surface area contributed by atoms with Crippen molar-refractivity contribution in [2.24, 2.45) is 0 Å². The number of hydrogen-bond acceptors (Lipinski definition) is 3. The van der Waals surface area contributed by atoms with Gasteiger partial charge in [-0.25, -0.2) is 4.98 Å². The van der Waals surface area contributed by atoms with Gasteiger partial charge < -0.3 is 5.73 Å². The number of aromatic nitrogens is 2. The zero-order chi connectivity index (χ0) is 16.0. The predicted octanol–water partition coefficient (Wildman–Crippen LogP) is 3.85. The standard InChI is InChI=1S/C19H17N3O/c1-2-12-11-17-21-15-9-5-6-10-16(15)22(17)19(23)18(12)13-7-3-4-8-14(13)20/h3-11,18H,2,20H2,1H3. The SMILES string of the molecule is CCC1=Cc2nc3ccccc3n2C(=O)C1c1ccccc1N. The molecule has 1 unspecified atom stereocenters. The van der Waals surface area contributed by atoms with E-state index in [1.807, 2.05) is 54.6 Å². The van der Waals surface area contributed by atoms with E-state index in [4.69, 9.17) is 5.73 Å². The maximum atomic E-state index is 13.2. The van der Waals surface area contributed by atoms with E-state index in [9.17, 15) is 4.79 Å². The molecule has 1 atom stereocenters. The molecule has 4 rings (SSSR count). The van der Waals surface area contributed by atoms with Gasteiger partial charge in [0.25, 0.3) is 0 Å². The second-order valence-corrected chi connectivity index (χ2v) is 5.77. The highest BCUT2D eigenvalue weighted by Crippen LogP contribution is 2.37. The molecule has 0 fully saturated rings. The molecule has 3 aromatic rings. The summed E-state index contributed by atoms with van der Waals surface area (Å²) in [4.78, 5) is 17.8. The molecule has 0 saturated carbocycles. The van der Waals surface area contributed by atoms with Gasteiger partial charge in [-0.05, 0) is 41.8 Å². The third kappa shape index (κ3) is 1.99. The Labute approximate surface area is 134 Å². The average Bonchev–Trinajstić information content (AvgIpc) is 2.94. The predicted molar refractivity (Wildman–Crippen MR) is 92.2 cm³/mol. The van der Waals surface area contributed by atoms with Crippen molar-refractivity contribution in [1.29, 1.82) is 0 Å². The van der Waals surface area contributed by atoms with Crippen LogP contribution >= 0.6 is 0 Å². The third-order valence-corrected chi connectivity index (χ3v) is 4.45. The average molecular weight is 303 g/mol. The lowest BCUT2D eigenvalue weighted by molar-refractivity contribution is 0.0891. The topological polar surface area (TPSA) is 60.9 Å². The van der Waals surface area contributed by atoms with Crippen LogP contribution in [-0.4, -0.2) is 15.5 Å². The molecule has 0 saturated heterocycles. The van der Waals surface area contributed by atoms with Gasteiger partial charge in [-0.15, -0.1) is 0 Å². The van der Waals surface area contributed by atoms with E-state index in [0.29, 0.717) is 11.5 Å². The highest BCUT2D eigenvalue weighted by atomic mass is 16.2. The first-order valence-electron chi connectivity index (χ1n) is 7.77. The minimum atomic E-state index is -0.341. The number of nitrogens with zero attached hydrogens (tertiary/aromatic N) is 2. The molecule has 1 aromatic heterocycles. The molecular formula is C19H17N3O. The van der Waals surface area contributed by atoms with Crippen LogP contribution in [0, 0.1) is 0 Å². The normalized spacial score (nSPS) is 17.2. The number of hydrogen-bond donors (Lipinski definition) is 1. The maximum Gasteiger partial charge on any atom is 0.244 e. The Hall–Kier alpha value is -2.88. The molecule has 4 nitrogen and oxygen atoms in total. The summed E-state index contributed by atoms with van der Waals surface area (Å²) in [6.45, 7) is 2.06. The first-order chi connectivity index (χ1) is 11.2. The number of rotatable bonds is 2. The minimum Gasteiger partial charge on any atom is -0.398 e. The first kappa shape index (κ1) is 13.8. The van der Waals surface area contributed by atoms with Crippen molar-refractivity contribution in [2.45, 2.75) is 19.3 Å². The fourth-order valence-electron chi connectivity index (χ4n) is 3.32. The second kappa shape index (κ2) is 5.09. The number of carbonyl (C=O) groups is 1. The van der Waals surface area contributed by atoms with Crippen molar-refractivity contribution in [2.75, 3.05) is 5.73 Å². The van der Waals surface area contributed by atoms with Gasteiger partial charge in [0.1, 0.15) is 5.82 Å². The number of fused-ring (bicyclic) bond motifs is 3. The highest BCUT2D eigenvalue weighted by Gasteiger charge is 2.33. The summed E-state index contributed by atoms with van der Waals surface area (Å²) in [6.07, 6.45) is 2.81. The first-order valence-corrected chi connectivity index (χ1v) is 7.77. The molecule has 2 N–H and O–H groups in total. The number of carbonyl (C=O) groups excluding carboxylic acids is 1. The lowest BCUT2D eigenvalue weighted by Gasteiger charge is -2.25. The molecule has 0 spiro atoms. The summed E-state index contributed by atoms with van der Waals surface area (Å²) >= 11 is 0. The van der Waals surface area contributed by atoms with Crippen molar-refractivity contribution < 1.29 is 4.79 Å². The van der Waals surface area contributed by atoms with Crippen LogP contribution in [0.15, 0.2) is 54.1 Å². The van der Waals surface area contributed by atoms with Crippen LogP contribution in [-0.2, 0) is 0 Å². The molecule has 1 aliphatic rings. The van der Waals surface area contributed by atoms with Crippen LogP contribution in [0.1, 0.15) is 35.4 Å². The van der Waals surface area contributed by atoms with E-state index < -0.39 is 0 Å². The van der Waals surface area contributed by atoms with Crippen molar-refractivity contribution in [1.82, 2.24) is 9.55 Å². The van der Waals surface area contributed by atoms with Crippen molar-refractivity contribution in [3.8, 4) is 0 Å². The summed E-state index contributed by atoms with van der Waals surface area (Å²) in [5.41, 5.74) is 10.4. The fourth-order valence-corrected chi connectivity index (χ4v) is 3.32. The molecule has 0 aliphatic carbocycles. The third-order valence-electron chi connectivity index (χ3n) is 4.45. The Morgan fingerprint density at radius 1 is 1.13 bits per heavy atom. The quantitative estimate of drug-likeness (QED) is 0.731. The van der Waals surface area contributed by atoms with E-state index in [1.54, 1.807) is 4.57 Å². The number of nitrogen functional groups attached to an aromatic ring is 1. The maximum absolute atomic E-state index is 13.2. The lowest BCUT2D eigenvalue weighted by Crippen LogP contribution is -2.27. The van der Waals surface area contributed by atoms with Crippen LogP contribution in [0.4, 0.5) is 5.69 Å². The van der Waals surface area contributed by atoms with Crippen molar-refractivity contribution in [3.63, 3.8) is 0 Å². The van der Waals surface area contributed by atoms with Crippen LogP contribution < -0.4 is 5.73 Å². The number of nitrogens with two attached hydrogens (primary N) is 1. The summed E-state index contributed by atoms with van der Waals surface area (Å²) in [6, 6.07) is 15.3. The Kier molecular flexibility index (Phi) is 3.05. The largest absolute Gasteiger partial charge is 0.398 e. The van der Waals surface area contributed by atoms with Gasteiger partial charge in [-0.3, -0.25) is 9.36 Å². The summed E-state index contributed by atoms with van der Waals surface area (Å²) < 4.78 is 1.71. The Bertz CT molecular complexity index is 952. The highest BCUT2D eigenvalue weighted by molar-refractivity contribution is 6.01. The Morgan fingerprint density at radius 2 is 1.87 bits per heavy atom. The van der Waals surface area contributed by atoms with E-state index in [0.717, 1.165) is 28.6 Å². The summed E-state index contributed by atoms with van der Waals surface area (Å²) in [5.74, 6) is 0.385. The van der Waals surface area contributed by atoms with Crippen LogP contribution in [0.2, 0.25) is 0 Å². The molecule has 114 valence electrons. The van der Waals surface area contributed by atoms with E-state index >= 15 is 0 Å². The van der Waals surface area contributed by atoms with Crippen LogP contribution in [0.3, 0.4) is 0 Å². The van der Waals surface area contributed by atoms with Gasteiger partial charge >= 0.3 is 0 Å². The Morgan fingerprint density at radius 3 is 2.65 bits per heavy atom. The van der Waals surface area contributed by atoms with Crippen LogP contribution in [0.5, 0.6) is 0 Å². The summed E-state index contributed by atoms with van der Waals surface area (Å²) in [5, 5.41) is 0. The molecule has 23 heavy (non-hydrogen) atoms. The zero-order valence-corrected chi connectivity index (χ0v) is 12.9. The number of benzene rings is 2. The van der Waals surface area contributed by atoms with Crippen molar-refractivity contribution >= 4 is 28.7 Å². The van der Waals surface area contributed by atoms with Crippen molar-refractivity contribution in [3.05, 3.63) is 65.5 Å². The van der Waals surface area contributed by atoms with Gasteiger partial charge in [-0.2, -0.15) is 0 Å². The molecular weight excluding hydrogens is 286 g/mol. The molecule has 0 amide bonds. The second-order valence-electron chi connectivity index (χ2n) is 5.77.